The molecule has 0 spiro atoms. The molecule has 72 valence electrons. The van der Waals surface area contributed by atoms with E-state index in [1.807, 2.05) is 13.8 Å². The SMILES string of the molecule is CC(C)COc1cccc(Br)c1F. The van der Waals surface area contributed by atoms with Crippen molar-refractivity contribution in [2.75, 3.05) is 6.61 Å². The molecule has 0 saturated heterocycles. The highest BCUT2D eigenvalue weighted by Gasteiger charge is 2.06. The van der Waals surface area contributed by atoms with Gasteiger partial charge in [-0.2, -0.15) is 0 Å². The second kappa shape index (κ2) is 4.61. The number of hydrogen-bond donors (Lipinski definition) is 0. The minimum absolute atomic E-state index is 0.308. The molecule has 0 aliphatic heterocycles. The van der Waals surface area contributed by atoms with E-state index >= 15 is 0 Å². The summed E-state index contributed by atoms with van der Waals surface area (Å²) in [5.41, 5.74) is 0. The molecule has 13 heavy (non-hydrogen) atoms. The van der Waals surface area contributed by atoms with E-state index in [1.165, 1.54) is 0 Å². The summed E-state index contributed by atoms with van der Waals surface area (Å²) in [4.78, 5) is 0. The van der Waals surface area contributed by atoms with Gasteiger partial charge in [-0.05, 0) is 34.0 Å². The summed E-state index contributed by atoms with van der Waals surface area (Å²) in [5, 5.41) is 0. The van der Waals surface area contributed by atoms with Gasteiger partial charge in [0, 0.05) is 0 Å². The zero-order chi connectivity index (χ0) is 9.84. The van der Waals surface area contributed by atoms with Gasteiger partial charge in [0.05, 0.1) is 11.1 Å². The predicted octanol–water partition coefficient (Wildman–Crippen LogP) is 3.62. The fraction of sp³-hybridized carbons (Fsp3) is 0.400. The maximum atomic E-state index is 13.3. The molecule has 0 unspecified atom stereocenters. The number of benzene rings is 1. The van der Waals surface area contributed by atoms with Crippen molar-refractivity contribution in [1.29, 1.82) is 0 Å². The zero-order valence-electron chi connectivity index (χ0n) is 7.68. The Morgan fingerprint density at radius 1 is 1.46 bits per heavy atom. The maximum absolute atomic E-state index is 13.3. The Morgan fingerprint density at radius 2 is 2.15 bits per heavy atom. The molecule has 0 heterocycles. The Morgan fingerprint density at radius 3 is 2.77 bits per heavy atom. The molecule has 0 aromatic heterocycles. The fourth-order valence-corrected chi connectivity index (χ4v) is 1.20. The largest absolute Gasteiger partial charge is 0.490 e. The van der Waals surface area contributed by atoms with E-state index in [9.17, 15) is 4.39 Å². The first-order valence-corrected chi connectivity index (χ1v) is 4.97. The van der Waals surface area contributed by atoms with Crippen LogP contribution < -0.4 is 4.74 Å². The summed E-state index contributed by atoms with van der Waals surface area (Å²) in [6, 6.07) is 5.03. The Balaban J connectivity index is 2.71. The van der Waals surface area contributed by atoms with Crippen molar-refractivity contribution in [3.05, 3.63) is 28.5 Å². The third-order valence-electron chi connectivity index (χ3n) is 1.49. The van der Waals surface area contributed by atoms with E-state index in [1.54, 1.807) is 18.2 Å². The number of hydrogen-bond acceptors (Lipinski definition) is 1. The molecule has 0 fully saturated rings. The van der Waals surface area contributed by atoms with Crippen molar-refractivity contribution in [2.24, 2.45) is 5.92 Å². The first kappa shape index (κ1) is 10.5. The van der Waals surface area contributed by atoms with Crippen molar-refractivity contribution in [2.45, 2.75) is 13.8 Å². The topological polar surface area (TPSA) is 9.23 Å². The lowest BCUT2D eigenvalue weighted by Crippen LogP contribution is -2.05. The summed E-state index contributed by atoms with van der Waals surface area (Å²) >= 11 is 3.10. The van der Waals surface area contributed by atoms with Gasteiger partial charge in [-0.25, -0.2) is 4.39 Å². The lowest BCUT2D eigenvalue weighted by molar-refractivity contribution is 0.259. The van der Waals surface area contributed by atoms with Gasteiger partial charge < -0.3 is 4.74 Å². The molecular weight excluding hydrogens is 235 g/mol. The first-order chi connectivity index (χ1) is 6.11. The highest BCUT2D eigenvalue weighted by Crippen LogP contribution is 2.24. The van der Waals surface area contributed by atoms with Crippen molar-refractivity contribution < 1.29 is 9.13 Å². The average Bonchev–Trinajstić information content (AvgIpc) is 2.07. The van der Waals surface area contributed by atoms with Crippen LogP contribution in [0.15, 0.2) is 22.7 Å². The summed E-state index contributed by atoms with van der Waals surface area (Å²) < 4.78 is 19.0. The zero-order valence-corrected chi connectivity index (χ0v) is 9.27. The Kier molecular flexibility index (Phi) is 3.72. The normalized spacial score (nSPS) is 10.5. The highest BCUT2D eigenvalue weighted by molar-refractivity contribution is 9.10. The van der Waals surface area contributed by atoms with Crippen LogP contribution in [0.1, 0.15) is 13.8 Å². The molecule has 1 nitrogen and oxygen atoms in total. The third-order valence-corrected chi connectivity index (χ3v) is 2.10. The van der Waals surface area contributed by atoms with Crippen molar-refractivity contribution in [1.82, 2.24) is 0 Å². The van der Waals surface area contributed by atoms with E-state index in [-0.39, 0.29) is 5.82 Å². The highest BCUT2D eigenvalue weighted by atomic mass is 79.9. The molecule has 0 aliphatic rings. The number of rotatable bonds is 3. The van der Waals surface area contributed by atoms with Crippen LogP contribution in [0.25, 0.3) is 0 Å². The second-order valence-electron chi connectivity index (χ2n) is 3.26. The monoisotopic (exact) mass is 246 g/mol. The molecule has 0 saturated carbocycles. The van der Waals surface area contributed by atoms with Crippen LogP contribution in [0, 0.1) is 11.7 Å². The second-order valence-corrected chi connectivity index (χ2v) is 4.11. The molecule has 0 aliphatic carbocycles. The van der Waals surface area contributed by atoms with Crippen LogP contribution in [0.4, 0.5) is 4.39 Å². The summed E-state index contributed by atoms with van der Waals surface area (Å²) in [6.07, 6.45) is 0. The van der Waals surface area contributed by atoms with Gasteiger partial charge in [-0.1, -0.05) is 19.9 Å². The van der Waals surface area contributed by atoms with Crippen molar-refractivity contribution >= 4 is 15.9 Å². The van der Waals surface area contributed by atoms with E-state index in [2.05, 4.69) is 15.9 Å². The molecule has 0 radical (unpaired) electrons. The molecule has 0 amide bonds. The van der Waals surface area contributed by atoms with Gasteiger partial charge in [-0.3, -0.25) is 0 Å². The predicted molar refractivity (Wildman–Crippen MR) is 54.4 cm³/mol. The van der Waals surface area contributed by atoms with Gasteiger partial charge >= 0.3 is 0 Å². The summed E-state index contributed by atoms with van der Waals surface area (Å²) in [7, 11) is 0. The van der Waals surface area contributed by atoms with Crippen LogP contribution in [-0.4, -0.2) is 6.61 Å². The van der Waals surface area contributed by atoms with Gasteiger partial charge in [-0.15, -0.1) is 0 Å². The Labute approximate surface area is 86.0 Å². The van der Waals surface area contributed by atoms with Crippen LogP contribution >= 0.6 is 15.9 Å². The van der Waals surface area contributed by atoms with Crippen LogP contribution in [0.3, 0.4) is 0 Å². The minimum Gasteiger partial charge on any atom is -0.490 e. The maximum Gasteiger partial charge on any atom is 0.179 e. The standard InChI is InChI=1S/C10H12BrFO/c1-7(2)6-13-9-5-3-4-8(11)10(9)12/h3-5,7H,6H2,1-2H3. The first-order valence-electron chi connectivity index (χ1n) is 4.18. The number of halogens is 2. The van der Waals surface area contributed by atoms with Gasteiger partial charge in [0.25, 0.3) is 0 Å². The Bertz CT molecular complexity index is 286. The lowest BCUT2D eigenvalue weighted by atomic mass is 10.2. The quantitative estimate of drug-likeness (QED) is 0.792. The molecule has 0 atom stereocenters. The van der Waals surface area contributed by atoms with Gasteiger partial charge in [0.1, 0.15) is 0 Å². The number of ether oxygens (including phenoxy) is 1. The summed E-state index contributed by atoms with van der Waals surface area (Å²) in [6.45, 7) is 4.58. The molecule has 1 aromatic carbocycles. The molecular formula is C10H12BrFO. The van der Waals surface area contributed by atoms with Gasteiger partial charge in [0.15, 0.2) is 11.6 Å². The smallest absolute Gasteiger partial charge is 0.179 e. The molecule has 1 rings (SSSR count). The van der Waals surface area contributed by atoms with E-state index in [4.69, 9.17) is 4.74 Å². The third kappa shape index (κ3) is 2.99. The molecule has 0 N–H and O–H groups in total. The average molecular weight is 247 g/mol. The minimum atomic E-state index is -0.330. The summed E-state index contributed by atoms with van der Waals surface area (Å²) in [5.74, 6) is 0.379. The van der Waals surface area contributed by atoms with E-state index in [0.29, 0.717) is 22.7 Å². The van der Waals surface area contributed by atoms with Crippen LogP contribution in [0.2, 0.25) is 0 Å². The van der Waals surface area contributed by atoms with Crippen molar-refractivity contribution in [3.63, 3.8) is 0 Å². The van der Waals surface area contributed by atoms with Gasteiger partial charge in [0.2, 0.25) is 0 Å². The molecule has 1 aromatic rings. The van der Waals surface area contributed by atoms with Crippen LogP contribution in [-0.2, 0) is 0 Å². The Hall–Kier alpha value is -0.570. The van der Waals surface area contributed by atoms with E-state index < -0.39 is 0 Å². The van der Waals surface area contributed by atoms with E-state index in [0.717, 1.165) is 0 Å². The lowest BCUT2D eigenvalue weighted by Gasteiger charge is -2.09. The molecule has 3 heteroatoms. The fourth-order valence-electron chi connectivity index (χ4n) is 0.852. The molecule has 0 bridgehead atoms. The van der Waals surface area contributed by atoms with Crippen molar-refractivity contribution in [3.8, 4) is 5.75 Å². The van der Waals surface area contributed by atoms with Crippen LogP contribution in [0.5, 0.6) is 5.75 Å².